The van der Waals surface area contributed by atoms with Crippen molar-refractivity contribution in [3.05, 3.63) is 40.4 Å². The lowest BCUT2D eigenvalue weighted by Gasteiger charge is -2.22. The molecule has 27 heavy (non-hydrogen) atoms. The molecule has 1 aliphatic carbocycles. The van der Waals surface area contributed by atoms with Crippen LogP contribution in [0, 0.1) is 12.7 Å². The van der Waals surface area contributed by atoms with E-state index in [1.54, 1.807) is 0 Å². The molecule has 0 unspecified atom stereocenters. The molecule has 0 spiro atoms. The van der Waals surface area contributed by atoms with Crippen molar-refractivity contribution in [3.8, 4) is 11.3 Å². The van der Waals surface area contributed by atoms with Crippen LogP contribution in [-0.4, -0.2) is 29.7 Å². The normalized spacial score (nSPS) is 14.8. The zero-order valence-corrected chi connectivity index (χ0v) is 15.6. The topological polar surface area (TPSA) is 81.4 Å². The summed E-state index contributed by atoms with van der Waals surface area (Å²) in [5.41, 5.74) is -0.143. The number of nitrogens with zero attached hydrogens (tertiary/aromatic N) is 1. The van der Waals surface area contributed by atoms with Crippen molar-refractivity contribution in [2.75, 3.05) is 6.61 Å². The first kappa shape index (κ1) is 19.4. The van der Waals surface area contributed by atoms with E-state index in [2.05, 4.69) is 10.5 Å². The molecule has 1 saturated carbocycles. The number of ether oxygens (including phenoxy) is 1. The van der Waals surface area contributed by atoms with Crippen LogP contribution in [0.25, 0.3) is 11.3 Å². The number of halogens is 2. The molecule has 0 saturated heterocycles. The molecule has 1 N–H and O–H groups in total. The number of nitrogens with one attached hydrogen (secondary N) is 1. The van der Waals surface area contributed by atoms with Crippen molar-refractivity contribution in [1.29, 1.82) is 0 Å². The minimum Gasteiger partial charge on any atom is -0.452 e. The maximum Gasteiger partial charge on any atom is 0.344 e. The van der Waals surface area contributed by atoms with Gasteiger partial charge < -0.3 is 14.6 Å². The Morgan fingerprint density at radius 1 is 1.33 bits per heavy atom. The largest absolute Gasteiger partial charge is 0.452 e. The van der Waals surface area contributed by atoms with E-state index in [1.807, 2.05) is 0 Å². The fraction of sp³-hybridized carbons (Fsp3) is 0.421. The van der Waals surface area contributed by atoms with Crippen LogP contribution in [-0.2, 0) is 9.53 Å². The van der Waals surface area contributed by atoms with E-state index in [0.29, 0.717) is 0 Å². The van der Waals surface area contributed by atoms with Crippen LogP contribution in [0.5, 0.6) is 0 Å². The third-order valence-corrected chi connectivity index (χ3v) is 4.89. The first-order valence-electron chi connectivity index (χ1n) is 8.84. The average Bonchev–Trinajstić information content (AvgIpc) is 3.02. The van der Waals surface area contributed by atoms with E-state index < -0.39 is 18.4 Å². The zero-order valence-electron chi connectivity index (χ0n) is 14.9. The lowest BCUT2D eigenvalue weighted by molar-refractivity contribution is -0.125. The van der Waals surface area contributed by atoms with Crippen LogP contribution in [0.1, 0.15) is 48.2 Å². The van der Waals surface area contributed by atoms with Gasteiger partial charge >= 0.3 is 5.97 Å². The van der Waals surface area contributed by atoms with Gasteiger partial charge in [0.1, 0.15) is 22.8 Å². The number of amides is 1. The van der Waals surface area contributed by atoms with Crippen LogP contribution in [0.4, 0.5) is 4.39 Å². The summed E-state index contributed by atoms with van der Waals surface area (Å²) in [4.78, 5) is 24.5. The van der Waals surface area contributed by atoms with Gasteiger partial charge in [-0.05, 0) is 31.9 Å². The van der Waals surface area contributed by atoms with Gasteiger partial charge in [0.25, 0.3) is 5.91 Å². The molecule has 0 atom stereocenters. The summed E-state index contributed by atoms with van der Waals surface area (Å²) in [6.07, 6.45) is 5.20. The molecule has 3 rings (SSSR count). The molecule has 144 valence electrons. The number of hydrogen-bond donors (Lipinski definition) is 1. The molecule has 2 aromatic rings. The first-order valence-corrected chi connectivity index (χ1v) is 9.22. The summed E-state index contributed by atoms with van der Waals surface area (Å²) in [5, 5.41) is 6.70. The Morgan fingerprint density at radius 3 is 2.78 bits per heavy atom. The Hall–Kier alpha value is -2.41. The molecule has 1 aliphatic rings. The second-order valence-corrected chi connectivity index (χ2v) is 6.94. The van der Waals surface area contributed by atoms with Crippen molar-refractivity contribution in [3.63, 3.8) is 0 Å². The molecule has 0 bridgehead atoms. The van der Waals surface area contributed by atoms with Crippen molar-refractivity contribution >= 4 is 23.5 Å². The highest BCUT2D eigenvalue weighted by Crippen LogP contribution is 2.33. The monoisotopic (exact) mass is 394 g/mol. The van der Waals surface area contributed by atoms with Crippen molar-refractivity contribution < 1.29 is 23.2 Å². The Balaban J connectivity index is 1.70. The van der Waals surface area contributed by atoms with Gasteiger partial charge in [0.2, 0.25) is 0 Å². The van der Waals surface area contributed by atoms with E-state index in [1.165, 1.54) is 31.5 Å². The van der Waals surface area contributed by atoms with Crippen molar-refractivity contribution in [2.24, 2.45) is 0 Å². The average molecular weight is 395 g/mol. The zero-order chi connectivity index (χ0) is 19.4. The lowest BCUT2D eigenvalue weighted by atomic mass is 9.95. The number of aromatic nitrogens is 1. The third-order valence-electron chi connectivity index (χ3n) is 4.57. The van der Waals surface area contributed by atoms with E-state index >= 15 is 0 Å². The molecule has 8 heteroatoms. The standard InChI is InChI=1S/C19H20ClFN2O4/c1-11-16(18(23-27-11)17-13(20)8-5-9-14(17)21)19(25)26-10-15(24)22-12-6-3-2-4-7-12/h5,8-9,12H,2-4,6-7,10H2,1H3,(H,22,24). The van der Waals surface area contributed by atoms with E-state index in [0.717, 1.165) is 25.7 Å². The minimum absolute atomic E-state index is 0.0466. The number of esters is 1. The number of aryl methyl sites for hydroxylation is 1. The quantitative estimate of drug-likeness (QED) is 0.774. The van der Waals surface area contributed by atoms with E-state index in [-0.39, 0.29) is 39.6 Å². The van der Waals surface area contributed by atoms with Gasteiger partial charge in [-0.2, -0.15) is 0 Å². The van der Waals surface area contributed by atoms with Gasteiger partial charge in [-0.25, -0.2) is 9.18 Å². The smallest absolute Gasteiger partial charge is 0.344 e. The second kappa shape index (κ2) is 8.52. The Kier molecular flexibility index (Phi) is 6.11. The highest BCUT2D eigenvalue weighted by molar-refractivity contribution is 6.33. The molecule has 1 amide bonds. The van der Waals surface area contributed by atoms with E-state index in [4.69, 9.17) is 20.9 Å². The van der Waals surface area contributed by atoms with Crippen LogP contribution < -0.4 is 5.32 Å². The summed E-state index contributed by atoms with van der Waals surface area (Å²) in [7, 11) is 0. The van der Waals surface area contributed by atoms with Gasteiger partial charge in [0, 0.05) is 6.04 Å². The maximum atomic E-state index is 14.2. The van der Waals surface area contributed by atoms with Gasteiger partial charge in [-0.15, -0.1) is 0 Å². The van der Waals surface area contributed by atoms with Crippen LogP contribution in [0.3, 0.4) is 0 Å². The second-order valence-electron chi connectivity index (χ2n) is 6.54. The van der Waals surface area contributed by atoms with E-state index in [9.17, 15) is 14.0 Å². The highest BCUT2D eigenvalue weighted by atomic mass is 35.5. The minimum atomic E-state index is -0.818. The third kappa shape index (κ3) is 4.47. The summed E-state index contributed by atoms with van der Waals surface area (Å²) in [5.74, 6) is -1.67. The van der Waals surface area contributed by atoms with Gasteiger partial charge in [-0.3, -0.25) is 4.79 Å². The molecule has 6 nitrogen and oxygen atoms in total. The summed E-state index contributed by atoms with van der Waals surface area (Å²) >= 11 is 6.05. The van der Waals surface area contributed by atoms with Crippen LogP contribution in [0.15, 0.2) is 22.7 Å². The number of hydrogen-bond acceptors (Lipinski definition) is 5. The summed E-state index contributed by atoms with van der Waals surface area (Å²) in [6, 6.07) is 4.26. The number of benzene rings is 1. The predicted octanol–water partition coefficient (Wildman–Crippen LogP) is 4.05. The van der Waals surface area contributed by atoms with Gasteiger partial charge in [-0.1, -0.05) is 42.1 Å². The van der Waals surface area contributed by atoms with Crippen molar-refractivity contribution in [2.45, 2.75) is 45.1 Å². The molecular formula is C19H20ClFN2O4. The molecule has 1 aromatic heterocycles. The van der Waals surface area contributed by atoms with Gasteiger partial charge in [0.05, 0.1) is 10.6 Å². The van der Waals surface area contributed by atoms with Gasteiger partial charge in [0.15, 0.2) is 6.61 Å². The Morgan fingerprint density at radius 2 is 2.07 bits per heavy atom. The highest BCUT2D eigenvalue weighted by Gasteiger charge is 2.27. The number of carbonyl (C=O) groups excluding carboxylic acids is 2. The summed E-state index contributed by atoms with van der Waals surface area (Å²) < 4.78 is 24.3. The van der Waals surface area contributed by atoms with Crippen LogP contribution in [0.2, 0.25) is 5.02 Å². The number of rotatable bonds is 5. The Bertz CT molecular complexity index is 826. The molecule has 1 heterocycles. The summed E-state index contributed by atoms with van der Waals surface area (Å²) in [6.45, 7) is 1.08. The Labute approximate surface area is 161 Å². The first-order chi connectivity index (χ1) is 13.0. The molecule has 0 aliphatic heterocycles. The molecule has 0 radical (unpaired) electrons. The molecule has 1 aromatic carbocycles. The predicted molar refractivity (Wildman–Crippen MR) is 96.9 cm³/mol. The lowest BCUT2D eigenvalue weighted by Crippen LogP contribution is -2.38. The van der Waals surface area contributed by atoms with Crippen molar-refractivity contribution in [1.82, 2.24) is 10.5 Å². The maximum absolute atomic E-state index is 14.2. The molecular weight excluding hydrogens is 375 g/mol. The molecule has 1 fully saturated rings. The fourth-order valence-corrected chi connectivity index (χ4v) is 3.48. The number of carbonyl (C=O) groups is 2. The van der Waals surface area contributed by atoms with Crippen LogP contribution >= 0.6 is 11.6 Å². The SMILES string of the molecule is Cc1onc(-c2c(F)cccc2Cl)c1C(=O)OCC(=O)NC1CCCCC1. The fourth-order valence-electron chi connectivity index (χ4n) is 3.23.